The molecule has 0 aliphatic heterocycles. The summed E-state index contributed by atoms with van der Waals surface area (Å²) in [6.07, 6.45) is -0.125. The van der Waals surface area contributed by atoms with Gasteiger partial charge in [-0.15, -0.1) is 0 Å². The van der Waals surface area contributed by atoms with Crippen LogP contribution in [0.3, 0.4) is 0 Å². The topological polar surface area (TPSA) is 199 Å². The number of hydrazone groups is 2. The summed E-state index contributed by atoms with van der Waals surface area (Å²) in [5, 5.41) is 46.7. The Bertz CT molecular complexity index is 1970. The molecule has 8 N–H and O–H groups in total. The van der Waals surface area contributed by atoms with Gasteiger partial charge in [0.25, 0.3) is 0 Å². The van der Waals surface area contributed by atoms with Gasteiger partial charge in [0.15, 0.2) is 0 Å². The highest BCUT2D eigenvalue weighted by molar-refractivity contribution is 6.50. The Kier molecular flexibility index (Phi) is 7.62. The summed E-state index contributed by atoms with van der Waals surface area (Å²) in [6, 6.07) is 21.9. The molecule has 0 heterocycles. The third kappa shape index (κ3) is 4.40. The Balaban J connectivity index is 1.53. The van der Waals surface area contributed by atoms with Gasteiger partial charge in [0.05, 0.1) is 22.8 Å². The minimum absolute atomic E-state index is 0.0626. The van der Waals surface area contributed by atoms with Crippen LogP contribution in [0, 0.1) is 38.5 Å². The zero-order valence-electron chi connectivity index (χ0n) is 27.1. The van der Waals surface area contributed by atoms with Crippen molar-refractivity contribution < 1.29 is 19.8 Å². The average molecular weight is 641 g/mol. The van der Waals surface area contributed by atoms with Gasteiger partial charge in [0.1, 0.15) is 10.8 Å². The van der Waals surface area contributed by atoms with E-state index in [2.05, 4.69) is 10.2 Å². The number of fused-ring (bicyclic) bond motifs is 2. The van der Waals surface area contributed by atoms with Gasteiger partial charge in [-0.25, -0.2) is 0 Å². The van der Waals surface area contributed by atoms with Gasteiger partial charge in [-0.1, -0.05) is 72.8 Å². The standard InChI is InChI=1S/C38H36N6O4/c1-19-13-23(14-20(2)31(19)37(35(45)46)17-29(43-41)33(39)25-9-5-7-11-27(25)37)24-15-21(3)32(22(4)16-24)38(36(47)48)18-30(44-42)34(40)26-10-6-8-12-28(26)38/h5-16,39-40H,17-18,41-42H2,1-4H3,(H,45,46)(H,47,48). The monoisotopic (exact) mass is 640 g/mol. The molecule has 0 spiro atoms. The summed E-state index contributed by atoms with van der Waals surface area (Å²) in [6.45, 7) is 7.53. The first-order valence-corrected chi connectivity index (χ1v) is 15.4. The minimum atomic E-state index is -1.51. The number of aliphatic carboxylic acids is 2. The third-order valence-corrected chi connectivity index (χ3v) is 10.0. The number of hydrogen-bond donors (Lipinski definition) is 6. The lowest BCUT2D eigenvalue weighted by molar-refractivity contribution is -0.143. The van der Waals surface area contributed by atoms with Gasteiger partial charge in [0.2, 0.25) is 0 Å². The van der Waals surface area contributed by atoms with Crippen LogP contribution in [0.4, 0.5) is 0 Å². The van der Waals surface area contributed by atoms with E-state index in [0.29, 0.717) is 33.4 Å². The van der Waals surface area contributed by atoms with Crippen molar-refractivity contribution in [3.63, 3.8) is 0 Å². The van der Waals surface area contributed by atoms with Crippen LogP contribution in [0.15, 0.2) is 83.0 Å². The molecule has 10 nitrogen and oxygen atoms in total. The minimum Gasteiger partial charge on any atom is -0.480 e. The number of rotatable bonds is 5. The van der Waals surface area contributed by atoms with Gasteiger partial charge in [-0.05, 0) is 83.3 Å². The number of nitrogens with zero attached hydrogens (tertiary/aromatic N) is 2. The van der Waals surface area contributed by atoms with Crippen molar-refractivity contribution in [2.75, 3.05) is 0 Å². The molecule has 2 atom stereocenters. The van der Waals surface area contributed by atoms with E-state index in [0.717, 1.165) is 33.4 Å². The number of benzene rings is 4. The summed E-state index contributed by atoms with van der Waals surface area (Å²) in [5.74, 6) is 9.27. The molecule has 0 radical (unpaired) electrons. The highest BCUT2D eigenvalue weighted by Gasteiger charge is 2.52. The zero-order valence-corrected chi connectivity index (χ0v) is 27.1. The van der Waals surface area contributed by atoms with Crippen molar-refractivity contribution in [1.82, 2.24) is 0 Å². The van der Waals surface area contributed by atoms with Crippen LogP contribution in [-0.2, 0) is 20.4 Å². The molecule has 4 aromatic carbocycles. The highest BCUT2D eigenvalue weighted by atomic mass is 16.4. The molecule has 48 heavy (non-hydrogen) atoms. The molecule has 0 bridgehead atoms. The Morgan fingerprint density at radius 3 is 1.23 bits per heavy atom. The molecule has 10 heteroatoms. The molecule has 0 saturated carbocycles. The second-order valence-electron chi connectivity index (χ2n) is 12.7. The number of carboxylic acid groups (broad SMARTS) is 2. The van der Waals surface area contributed by atoms with E-state index in [4.69, 9.17) is 22.5 Å². The molecular formula is C38H36N6O4. The van der Waals surface area contributed by atoms with Crippen LogP contribution in [0.25, 0.3) is 11.1 Å². The van der Waals surface area contributed by atoms with E-state index >= 15 is 0 Å². The number of carbonyl (C=O) groups is 2. The smallest absolute Gasteiger partial charge is 0.319 e. The first-order chi connectivity index (χ1) is 22.8. The first-order valence-electron chi connectivity index (χ1n) is 15.4. The number of aryl methyl sites for hydroxylation is 4. The highest BCUT2D eigenvalue weighted by Crippen LogP contribution is 2.48. The van der Waals surface area contributed by atoms with Crippen LogP contribution in [0.2, 0.25) is 0 Å². The summed E-state index contributed by atoms with van der Waals surface area (Å²) < 4.78 is 0. The summed E-state index contributed by atoms with van der Waals surface area (Å²) in [5.41, 5.74) is 5.54. The molecule has 0 fully saturated rings. The maximum Gasteiger partial charge on any atom is 0.319 e. The van der Waals surface area contributed by atoms with Crippen LogP contribution in [0.5, 0.6) is 0 Å². The predicted octanol–water partition coefficient (Wildman–Crippen LogP) is 5.50. The quantitative estimate of drug-likeness (QED) is 0.123. The van der Waals surface area contributed by atoms with Crippen molar-refractivity contribution in [3.8, 4) is 11.1 Å². The molecule has 2 aliphatic rings. The lowest BCUT2D eigenvalue weighted by Gasteiger charge is -2.39. The molecule has 242 valence electrons. The Morgan fingerprint density at radius 1 is 0.625 bits per heavy atom. The largest absolute Gasteiger partial charge is 0.480 e. The lowest BCUT2D eigenvalue weighted by Crippen LogP contribution is -2.47. The first kappa shape index (κ1) is 32.1. The number of nitrogens with two attached hydrogens (primary N) is 2. The molecule has 0 saturated heterocycles. The van der Waals surface area contributed by atoms with E-state index in [1.807, 2.05) is 52.0 Å². The second kappa shape index (κ2) is 11.4. The van der Waals surface area contributed by atoms with E-state index < -0.39 is 22.8 Å². The fraction of sp³-hybridized carbons (Fsp3) is 0.211. The van der Waals surface area contributed by atoms with E-state index in [1.54, 1.807) is 48.5 Å². The molecule has 2 unspecified atom stereocenters. The normalized spacial score (nSPS) is 22.0. The van der Waals surface area contributed by atoms with Crippen molar-refractivity contribution in [2.45, 2.75) is 51.4 Å². The SMILES string of the molecule is Cc1cc(-c2cc(C)c(C3(C(=O)O)CC(=NN)C(=N)c4ccccc43)c(C)c2)cc(C)c1C1(C(=O)O)CC(=NN)C(=N)c2ccccc21. The van der Waals surface area contributed by atoms with Crippen molar-refractivity contribution in [2.24, 2.45) is 21.9 Å². The van der Waals surface area contributed by atoms with Crippen molar-refractivity contribution in [3.05, 3.63) is 128 Å². The average Bonchev–Trinajstić information content (AvgIpc) is 3.06. The second-order valence-corrected chi connectivity index (χ2v) is 12.7. The lowest BCUT2D eigenvalue weighted by atomic mass is 9.62. The van der Waals surface area contributed by atoms with Crippen molar-refractivity contribution >= 4 is 34.8 Å². The van der Waals surface area contributed by atoms with Gasteiger partial charge >= 0.3 is 11.9 Å². The van der Waals surface area contributed by atoms with Crippen LogP contribution < -0.4 is 11.7 Å². The van der Waals surface area contributed by atoms with Crippen LogP contribution in [-0.4, -0.2) is 45.0 Å². The Labute approximate surface area is 277 Å². The molecule has 4 aromatic rings. The molecule has 6 rings (SSSR count). The molecule has 2 aliphatic carbocycles. The number of nitrogens with one attached hydrogen (secondary N) is 2. The maximum atomic E-state index is 13.3. The predicted molar refractivity (Wildman–Crippen MR) is 187 cm³/mol. The molecule has 0 amide bonds. The Morgan fingerprint density at radius 2 is 0.938 bits per heavy atom. The zero-order chi connectivity index (χ0) is 34.7. The summed E-state index contributed by atoms with van der Waals surface area (Å²) >= 11 is 0. The van der Waals surface area contributed by atoms with E-state index in [1.165, 1.54) is 0 Å². The summed E-state index contributed by atoms with van der Waals surface area (Å²) in [7, 11) is 0. The van der Waals surface area contributed by atoms with Crippen molar-refractivity contribution in [1.29, 1.82) is 10.8 Å². The van der Waals surface area contributed by atoms with E-state index in [9.17, 15) is 19.8 Å². The van der Waals surface area contributed by atoms with Gasteiger partial charge in [-0.2, -0.15) is 10.2 Å². The number of hydrogen-bond acceptors (Lipinski definition) is 8. The fourth-order valence-corrected chi connectivity index (χ4v) is 8.20. The van der Waals surface area contributed by atoms with E-state index in [-0.39, 0.29) is 35.7 Å². The number of carboxylic acids is 2. The van der Waals surface area contributed by atoms with Gasteiger partial charge < -0.3 is 21.9 Å². The fourth-order valence-electron chi connectivity index (χ4n) is 8.20. The Hall–Kier alpha value is -5.90. The van der Waals surface area contributed by atoms with Crippen LogP contribution in [0.1, 0.15) is 68.5 Å². The van der Waals surface area contributed by atoms with Crippen LogP contribution >= 0.6 is 0 Å². The molecular weight excluding hydrogens is 604 g/mol. The summed E-state index contributed by atoms with van der Waals surface area (Å²) in [4.78, 5) is 26.7. The molecule has 0 aromatic heterocycles. The third-order valence-electron chi connectivity index (χ3n) is 10.0. The van der Waals surface area contributed by atoms with Gasteiger partial charge in [0, 0.05) is 24.0 Å². The maximum absolute atomic E-state index is 13.3. The van der Waals surface area contributed by atoms with Gasteiger partial charge in [-0.3, -0.25) is 20.4 Å².